The molecule has 1 aliphatic carbocycles. The molecule has 4 atom stereocenters. The van der Waals surface area contributed by atoms with E-state index in [1.807, 2.05) is 24.3 Å². The predicted molar refractivity (Wildman–Crippen MR) is 102 cm³/mol. The predicted octanol–water partition coefficient (Wildman–Crippen LogP) is 0.886. The number of ether oxygens (including phenoxy) is 1. The Bertz CT molecular complexity index is 739. The van der Waals surface area contributed by atoms with Crippen LogP contribution in [0.3, 0.4) is 0 Å². The SMILES string of the molecule is CO[C@H]1C[C@@H]2CNC[C@@H]2C[C@@H]1NC(=O)c1ccc(Cn2cnnn2)cc1.Cl. The number of rotatable bonds is 5. The molecule has 8 nitrogen and oxygen atoms in total. The van der Waals surface area contributed by atoms with Gasteiger partial charge in [-0.15, -0.1) is 17.5 Å². The van der Waals surface area contributed by atoms with Gasteiger partial charge in [0, 0.05) is 12.7 Å². The molecule has 1 aromatic heterocycles. The summed E-state index contributed by atoms with van der Waals surface area (Å²) in [7, 11) is 1.74. The van der Waals surface area contributed by atoms with Gasteiger partial charge in [-0.2, -0.15) is 0 Å². The molecule has 0 unspecified atom stereocenters. The molecule has 9 heteroatoms. The standard InChI is InChI=1S/C18H24N6O2.ClH/c1-26-17-7-15-9-19-8-14(15)6-16(17)21-18(25)13-4-2-12(3-5-13)10-24-11-20-22-23-24;/h2-5,11,14-17,19H,6-10H2,1H3,(H,21,25);1H/t14-,15+,16-,17-;/m0./s1. The first-order chi connectivity index (χ1) is 12.7. The molecule has 0 radical (unpaired) electrons. The molecule has 1 aliphatic heterocycles. The van der Waals surface area contributed by atoms with Gasteiger partial charge in [-0.05, 0) is 65.9 Å². The van der Waals surface area contributed by atoms with Crippen LogP contribution < -0.4 is 10.6 Å². The van der Waals surface area contributed by atoms with Crippen molar-refractivity contribution in [3.63, 3.8) is 0 Å². The Morgan fingerprint density at radius 2 is 2.00 bits per heavy atom. The molecule has 2 aromatic rings. The van der Waals surface area contributed by atoms with Gasteiger partial charge in [-0.3, -0.25) is 4.79 Å². The van der Waals surface area contributed by atoms with Gasteiger partial charge in [0.05, 0.1) is 18.7 Å². The van der Waals surface area contributed by atoms with Crippen molar-refractivity contribution < 1.29 is 9.53 Å². The summed E-state index contributed by atoms with van der Waals surface area (Å²) in [6, 6.07) is 7.62. The highest BCUT2D eigenvalue weighted by atomic mass is 35.5. The van der Waals surface area contributed by atoms with Gasteiger partial charge >= 0.3 is 0 Å². The fraction of sp³-hybridized carbons (Fsp3) is 0.556. The summed E-state index contributed by atoms with van der Waals surface area (Å²) in [5, 5.41) is 17.7. The largest absolute Gasteiger partial charge is 0.379 e. The van der Waals surface area contributed by atoms with Crippen LogP contribution in [-0.4, -0.2) is 58.5 Å². The molecule has 1 amide bonds. The van der Waals surface area contributed by atoms with Gasteiger partial charge < -0.3 is 15.4 Å². The maximum atomic E-state index is 12.7. The minimum absolute atomic E-state index is 0. The number of nitrogens with zero attached hydrogens (tertiary/aromatic N) is 4. The Kier molecular flexibility index (Phi) is 6.41. The second-order valence-electron chi connectivity index (χ2n) is 7.21. The Morgan fingerprint density at radius 1 is 1.26 bits per heavy atom. The van der Waals surface area contributed by atoms with E-state index in [0.29, 0.717) is 23.9 Å². The van der Waals surface area contributed by atoms with Crippen molar-refractivity contribution in [3.05, 3.63) is 41.7 Å². The van der Waals surface area contributed by atoms with Gasteiger partial charge in [-0.25, -0.2) is 4.68 Å². The molecule has 2 N–H and O–H groups in total. The van der Waals surface area contributed by atoms with Crippen molar-refractivity contribution in [2.75, 3.05) is 20.2 Å². The summed E-state index contributed by atoms with van der Waals surface area (Å²) < 4.78 is 7.31. The Labute approximate surface area is 164 Å². The molecule has 2 fully saturated rings. The normalized spacial score (nSPS) is 26.9. The maximum absolute atomic E-state index is 12.7. The zero-order valence-corrected chi connectivity index (χ0v) is 16.1. The maximum Gasteiger partial charge on any atom is 0.251 e. The Balaban J connectivity index is 0.00000210. The number of halogens is 1. The number of hydrogen-bond acceptors (Lipinski definition) is 6. The van der Waals surface area contributed by atoms with Gasteiger partial charge in [-0.1, -0.05) is 12.1 Å². The van der Waals surface area contributed by atoms with Gasteiger partial charge in [0.25, 0.3) is 5.91 Å². The van der Waals surface area contributed by atoms with Gasteiger partial charge in [0.15, 0.2) is 0 Å². The number of amides is 1. The number of nitrogens with one attached hydrogen (secondary N) is 2. The molecule has 0 bridgehead atoms. The van der Waals surface area contributed by atoms with E-state index in [-0.39, 0.29) is 30.5 Å². The van der Waals surface area contributed by atoms with Crippen molar-refractivity contribution in [1.29, 1.82) is 0 Å². The first-order valence-corrected chi connectivity index (χ1v) is 9.07. The number of methoxy groups -OCH3 is 1. The van der Waals surface area contributed by atoms with E-state index in [9.17, 15) is 4.79 Å². The lowest BCUT2D eigenvalue weighted by molar-refractivity contribution is 0.0125. The van der Waals surface area contributed by atoms with Crippen LogP contribution in [0.25, 0.3) is 0 Å². The van der Waals surface area contributed by atoms with E-state index < -0.39 is 0 Å². The fourth-order valence-corrected chi connectivity index (χ4v) is 4.15. The van der Waals surface area contributed by atoms with E-state index >= 15 is 0 Å². The quantitative estimate of drug-likeness (QED) is 0.784. The number of fused-ring (bicyclic) bond motifs is 1. The zero-order chi connectivity index (χ0) is 17.9. The molecule has 4 rings (SSSR count). The highest BCUT2D eigenvalue weighted by Crippen LogP contribution is 2.34. The first kappa shape index (κ1) is 19.7. The number of aromatic nitrogens is 4. The molecule has 1 saturated carbocycles. The molecular formula is C18H25ClN6O2. The third-order valence-electron chi connectivity index (χ3n) is 5.59. The summed E-state index contributed by atoms with van der Waals surface area (Å²) in [5.41, 5.74) is 1.70. The smallest absolute Gasteiger partial charge is 0.251 e. The van der Waals surface area contributed by atoms with Crippen molar-refractivity contribution in [3.8, 4) is 0 Å². The van der Waals surface area contributed by atoms with Crippen LogP contribution in [0.2, 0.25) is 0 Å². The van der Waals surface area contributed by atoms with E-state index in [0.717, 1.165) is 31.5 Å². The summed E-state index contributed by atoms with van der Waals surface area (Å²) in [5.74, 6) is 1.25. The van der Waals surface area contributed by atoms with E-state index in [1.54, 1.807) is 18.1 Å². The number of hydrogen-bond donors (Lipinski definition) is 2. The number of carbonyl (C=O) groups is 1. The van der Waals surface area contributed by atoms with Crippen LogP contribution in [-0.2, 0) is 11.3 Å². The van der Waals surface area contributed by atoms with Crippen molar-refractivity contribution in [2.24, 2.45) is 11.8 Å². The third kappa shape index (κ3) is 4.45. The molecule has 1 saturated heterocycles. The molecule has 1 aromatic carbocycles. The average molecular weight is 393 g/mol. The lowest BCUT2D eigenvalue weighted by Crippen LogP contribution is -2.50. The third-order valence-corrected chi connectivity index (χ3v) is 5.59. The monoisotopic (exact) mass is 392 g/mol. The van der Waals surface area contributed by atoms with Crippen LogP contribution >= 0.6 is 12.4 Å². The van der Waals surface area contributed by atoms with E-state index in [1.165, 1.54) is 0 Å². The van der Waals surface area contributed by atoms with Crippen LogP contribution in [0.15, 0.2) is 30.6 Å². The first-order valence-electron chi connectivity index (χ1n) is 9.07. The number of tetrazole rings is 1. The summed E-state index contributed by atoms with van der Waals surface area (Å²) in [6.07, 6.45) is 3.63. The average Bonchev–Trinajstić information content (AvgIpc) is 3.33. The highest BCUT2D eigenvalue weighted by molar-refractivity contribution is 5.94. The van der Waals surface area contributed by atoms with Crippen molar-refractivity contribution in [1.82, 2.24) is 30.8 Å². The van der Waals surface area contributed by atoms with Crippen LogP contribution in [0.1, 0.15) is 28.8 Å². The van der Waals surface area contributed by atoms with Gasteiger partial charge in [0.2, 0.25) is 0 Å². The number of carbonyl (C=O) groups excluding carboxylic acids is 1. The summed E-state index contributed by atoms with van der Waals surface area (Å²) >= 11 is 0. The second kappa shape index (κ2) is 8.77. The van der Waals surface area contributed by atoms with E-state index in [2.05, 4.69) is 26.2 Å². The fourth-order valence-electron chi connectivity index (χ4n) is 4.15. The van der Waals surface area contributed by atoms with Crippen molar-refractivity contribution in [2.45, 2.75) is 31.5 Å². The molecule has 2 heterocycles. The topological polar surface area (TPSA) is 94.0 Å². The lowest BCUT2D eigenvalue weighted by Gasteiger charge is -2.37. The number of benzene rings is 1. The lowest BCUT2D eigenvalue weighted by atomic mass is 9.77. The van der Waals surface area contributed by atoms with Gasteiger partial charge in [0.1, 0.15) is 6.33 Å². The van der Waals surface area contributed by atoms with Crippen LogP contribution in [0.4, 0.5) is 0 Å². The molecule has 146 valence electrons. The molecular weight excluding hydrogens is 368 g/mol. The minimum Gasteiger partial charge on any atom is -0.379 e. The molecule has 27 heavy (non-hydrogen) atoms. The summed E-state index contributed by atoms with van der Waals surface area (Å²) in [6.45, 7) is 2.69. The van der Waals surface area contributed by atoms with E-state index in [4.69, 9.17) is 4.74 Å². The Hall–Kier alpha value is -2.03. The van der Waals surface area contributed by atoms with Crippen LogP contribution in [0, 0.1) is 11.8 Å². The highest BCUT2D eigenvalue weighted by Gasteiger charge is 2.40. The molecule has 0 spiro atoms. The van der Waals surface area contributed by atoms with Crippen LogP contribution in [0.5, 0.6) is 0 Å². The minimum atomic E-state index is -0.0459. The second-order valence-corrected chi connectivity index (χ2v) is 7.21. The summed E-state index contributed by atoms with van der Waals surface area (Å²) in [4.78, 5) is 12.7. The van der Waals surface area contributed by atoms with Crippen molar-refractivity contribution >= 4 is 18.3 Å². The molecule has 2 aliphatic rings. The Morgan fingerprint density at radius 3 is 2.67 bits per heavy atom. The zero-order valence-electron chi connectivity index (χ0n) is 15.2.